The Labute approximate surface area is 127 Å². The summed E-state index contributed by atoms with van der Waals surface area (Å²) in [7, 11) is 3.34. The average Bonchev–Trinajstić information content (AvgIpc) is 2.50. The summed E-state index contributed by atoms with van der Waals surface area (Å²) in [5.41, 5.74) is 1.25. The molecule has 0 heterocycles. The highest BCUT2D eigenvalue weighted by molar-refractivity contribution is 7.99. The van der Waals surface area contributed by atoms with Crippen molar-refractivity contribution >= 4 is 11.8 Å². The van der Waals surface area contributed by atoms with E-state index in [1.165, 1.54) is 12.0 Å². The summed E-state index contributed by atoms with van der Waals surface area (Å²) < 4.78 is 10.7. The Morgan fingerprint density at radius 1 is 1.20 bits per heavy atom. The van der Waals surface area contributed by atoms with E-state index in [2.05, 4.69) is 37.6 Å². The first kappa shape index (κ1) is 17.2. The Bertz CT molecular complexity index is 398. The number of hydrogen-bond donors (Lipinski definition) is 1. The quantitative estimate of drug-likeness (QED) is 0.749. The third-order valence-corrected chi connectivity index (χ3v) is 4.60. The maximum Gasteiger partial charge on any atom is 0.161 e. The van der Waals surface area contributed by atoms with Crippen molar-refractivity contribution in [3.8, 4) is 11.5 Å². The Hall–Kier alpha value is -0.870. The lowest BCUT2D eigenvalue weighted by molar-refractivity contribution is 0.353. The molecule has 2 unspecified atom stereocenters. The van der Waals surface area contributed by atoms with E-state index < -0.39 is 0 Å². The molecule has 0 saturated carbocycles. The van der Waals surface area contributed by atoms with Crippen LogP contribution in [0.5, 0.6) is 11.5 Å². The van der Waals surface area contributed by atoms with Crippen LogP contribution >= 0.6 is 11.8 Å². The van der Waals surface area contributed by atoms with Crippen LogP contribution in [0.15, 0.2) is 18.2 Å². The summed E-state index contributed by atoms with van der Waals surface area (Å²) in [6.07, 6.45) is 4.41. The van der Waals surface area contributed by atoms with Crippen LogP contribution in [-0.4, -0.2) is 32.3 Å². The van der Waals surface area contributed by atoms with Gasteiger partial charge in [-0.1, -0.05) is 19.9 Å². The first-order valence-electron chi connectivity index (χ1n) is 7.14. The molecule has 0 fully saturated rings. The third kappa shape index (κ3) is 4.91. The molecule has 114 valence electrons. The molecule has 2 atom stereocenters. The fourth-order valence-electron chi connectivity index (χ4n) is 2.15. The summed E-state index contributed by atoms with van der Waals surface area (Å²) in [4.78, 5) is 0. The minimum absolute atomic E-state index is 0.365. The second-order valence-corrected chi connectivity index (χ2v) is 6.14. The molecule has 0 radical (unpaired) electrons. The standard InChI is InChI=1S/C16H27NO2S/c1-6-14(17-10-9-12(2)20-5)13-7-8-15(18-3)16(11-13)19-4/h7-8,11-12,14,17H,6,9-10H2,1-5H3. The van der Waals surface area contributed by atoms with E-state index >= 15 is 0 Å². The highest BCUT2D eigenvalue weighted by Gasteiger charge is 2.12. The molecule has 4 heteroatoms. The summed E-state index contributed by atoms with van der Waals surface area (Å²) >= 11 is 1.91. The highest BCUT2D eigenvalue weighted by Crippen LogP contribution is 2.30. The van der Waals surface area contributed by atoms with Gasteiger partial charge in [0.2, 0.25) is 0 Å². The van der Waals surface area contributed by atoms with Gasteiger partial charge in [-0.25, -0.2) is 0 Å². The first-order chi connectivity index (χ1) is 9.65. The van der Waals surface area contributed by atoms with Gasteiger partial charge in [0, 0.05) is 11.3 Å². The van der Waals surface area contributed by atoms with Crippen LogP contribution in [0.3, 0.4) is 0 Å². The predicted molar refractivity (Wildman–Crippen MR) is 88.2 cm³/mol. The first-order valence-corrected chi connectivity index (χ1v) is 8.43. The largest absolute Gasteiger partial charge is 0.493 e. The number of nitrogens with one attached hydrogen (secondary N) is 1. The van der Waals surface area contributed by atoms with Crippen molar-refractivity contribution in [2.24, 2.45) is 0 Å². The van der Waals surface area contributed by atoms with E-state index in [1.807, 2.05) is 17.8 Å². The molecule has 0 aliphatic rings. The average molecular weight is 297 g/mol. The minimum Gasteiger partial charge on any atom is -0.493 e. The van der Waals surface area contributed by atoms with Crippen molar-refractivity contribution in [2.45, 2.75) is 38.0 Å². The van der Waals surface area contributed by atoms with Gasteiger partial charge in [-0.05, 0) is 43.3 Å². The van der Waals surface area contributed by atoms with Gasteiger partial charge in [-0.3, -0.25) is 0 Å². The van der Waals surface area contributed by atoms with Crippen molar-refractivity contribution < 1.29 is 9.47 Å². The Morgan fingerprint density at radius 2 is 1.90 bits per heavy atom. The van der Waals surface area contributed by atoms with Gasteiger partial charge in [-0.2, -0.15) is 11.8 Å². The number of benzene rings is 1. The Morgan fingerprint density at radius 3 is 2.45 bits per heavy atom. The molecule has 0 spiro atoms. The van der Waals surface area contributed by atoms with Crippen LogP contribution in [0.1, 0.15) is 38.3 Å². The molecule has 1 rings (SSSR count). The van der Waals surface area contributed by atoms with Gasteiger partial charge in [-0.15, -0.1) is 0 Å². The summed E-state index contributed by atoms with van der Waals surface area (Å²) in [6.45, 7) is 5.50. The van der Waals surface area contributed by atoms with Gasteiger partial charge in [0.25, 0.3) is 0 Å². The third-order valence-electron chi connectivity index (χ3n) is 3.56. The van der Waals surface area contributed by atoms with E-state index in [-0.39, 0.29) is 0 Å². The van der Waals surface area contributed by atoms with Crippen molar-refractivity contribution in [3.63, 3.8) is 0 Å². The second kappa shape index (κ2) is 9.14. The summed E-state index contributed by atoms with van der Waals surface area (Å²) in [5.74, 6) is 1.57. The molecule has 0 amide bonds. The van der Waals surface area contributed by atoms with Crippen LogP contribution in [0, 0.1) is 0 Å². The normalized spacial score (nSPS) is 13.8. The van der Waals surface area contributed by atoms with E-state index in [1.54, 1.807) is 14.2 Å². The van der Waals surface area contributed by atoms with Crippen LogP contribution in [-0.2, 0) is 0 Å². The summed E-state index contributed by atoms with van der Waals surface area (Å²) in [5, 5.41) is 4.33. The van der Waals surface area contributed by atoms with E-state index in [9.17, 15) is 0 Å². The lowest BCUT2D eigenvalue weighted by Gasteiger charge is -2.20. The zero-order valence-corrected chi connectivity index (χ0v) is 14.0. The minimum atomic E-state index is 0.365. The topological polar surface area (TPSA) is 30.5 Å². The van der Waals surface area contributed by atoms with E-state index in [0.717, 1.165) is 24.5 Å². The predicted octanol–water partition coefficient (Wildman–Crippen LogP) is 3.89. The number of ether oxygens (including phenoxy) is 2. The fourth-order valence-corrected chi connectivity index (χ4v) is 2.50. The molecule has 0 aromatic heterocycles. The van der Waals surface area contributed by atoms with Gasteiger partial charge in [0.1, 0.15) is 0 Å². The second-order valence-electron chi connectivity index (χ2n) is 4.86. The highest BCUT2D eigenvalue weighted by atomic mass is 32.2. The van der Waals surface area contributed by atoms with E-state index in [0.29, 0.717) is 11.3 Å². The Kier molecular flexibility index (Phi) is 7.85. The van der Waals surface area contributed by atoms with Crippen molar-refractivity contribution in [3.05, 3.63) is 23.8 Å². The van der Waals surface area contributed by atoms with Gasteiger partial charge in [0.05, 0.1) is 14.2 Å². The number of methoxy groups -OCH3 is 2. The van der Waals surface area contributed by atoms with Crippen LogP contribution in [0.25, 0.3) is 0 Å². The molecule has 0 aliphatic carbocycles. The van der Waals surface area contributed by atoms with Crippen LogP contribution in [0.4, 0.5) is 0 Å². The lowest BCUT2D eigenvalue weighted by Crippen LogP contribution is -2.23. The summed E-state index contributed by atoms with van der Waals surface area (Å²) in [6, 6.07) is 6.52. The number of hydrogen-bond acceptors (Lipinski definition) is 4. The SMILES string of the molecule is CCC(NCCC(C)SC)c1ccc(OC)c(OC)c1. The molecule has 0 bridgehead atoms. The molecule has 0 aliphatic heterocycles. The molecule has 0 saturated heterocycles. The molecule has 1 aromatic rings. The molecule has 20 heavy (non-hydrogen) atoms. The fraction of sp³-hybridized carbons (Fsp3) is 0.625. The van der Waals surface area contributed by atoms with Crippen molar-refractivity contribution in [2.75, 3.05) is 27.0 Å². The van der Waals surface area contributed by atoms with Crippen LogP contribution in [0.2, 0.25) is 0 Å². The smallest absolute Gasteiger partial charge is 0.161 e. The molecule has 1 aromatic carbocycles. The molecular formula is C16H27NO2S. The zero-order valence-electron chi connectivity index (χ0n) is 13.2. The van der Waals surface area contributed by atoms with Crippen molar-refractivity contribution in [1.29, 1.82) is 0 Å². The number of thioether (sulfide) groups is 1. The zero-order chi connectivity index (χ0) is 15.0. The lowest BCUT2D eigenvalue weighted by atomic mass is 10.0. The van der Waals surface area contributed by atoms with Crippen LogP contribution < -0.4 is 14.8 Å². The maximum atomic E-state index is 5.38. The molecule has 3 nitrogen and oxygen atoms in total. The molecule has 1 N–H and O–H groups in total. The molecular weight excluding hydrogens is 270 g/mol. The van der Waals surface area contributed by atoms with E-state index in [4.69, 9.17) is 9.47 Å². The van der Waals surface area contributed by atoms with Gasteiger partial charge < -0.3 is 14.8 Å². The number of rotatable bonds is 9. The van der Waals surface area contributed by atoms with Gasteiger partial charge in [0.15, 0.2) is 11.5 Å². The van der Waals surface area contributed by atoms with Gasteiger partial charge >= 0.3 is 0 Å². The maximum absolute atomic E-state index is 5.38. The Balaban J connectivity index is 2.69. The monoisotopic (exact) mass is 297 g/mol. The van der Waals surface area contributed by atoms with Crippen molar-refractivity contribution in [1.82, 2.24) is 5.32 Å².